The maximum absolute atomic E-state index is 12.6. The summed E-state index contributed by atoms with van der Waals surface area (Å²) in [6.45, 7) is 7.78. The van der Waals surface area contributed by atoms with E-state index in [4.69, 9.17) is 4.74 Å². The molecule has 3 heterocycles. The highest BCUT2D eigenvalue weighted by molar-refractivity contribution is 5.95. The molecule has 3 amide bonds. The zero-order valence-corrected chi connectivity index (χ0v) is 16.5. The number of amides is 3. The Labute approximate surface area is 159 Å². The van der Waals surface area contributed by atoms with Crippen molar-refractivity contribution in [2.45, 2.75) is 45.3 Å². The zero-order chi connectivity index (χ0) is 19.8. The highest BCUT2D eigenvalue weighted by Crippen LogP contribution is 2.28. The van der Waals surface area contributed by atoms with Crippen LogP contribution in [0.3, 0.4) is 0 Å². The van der Waals surface area contributed by atoms with E-state index in [0.29, 0.717) is 19.8 Å². The van der Waals surface area contributed by atoms with Crippen LogP contribution in [0.4, 0.5) is 4.79 Å². The molecule has 0 saturated carbocycles. The molecule has 3 aliphatic rings. The van der Waals surface area contributed by atoms with Gasteiger partial charge in [0.1, 0.15) is 17.8 Å². The standard InChI is InChI=1S/C18H29N5O4/c1-18(2,3)27-17(26)19-9-15(24)21-7-5-13(6-8-21)23-12-22-11-20(4)10-14(22)16(23)25/h10,13H,5-9,11-12H2,1-4H3,(H,19,26). The van der Waals surface area contributed by atoms with Crippen molar-refractivity contribution >= 4 is 17.9 Å². The Kier molecular flexibility index (Phi) is 5.21. The number of likely N-dealkylation sites (tertiary alicyclic amines) is 1. The van der Waals surface area contributed by atoms with Gasteiger partial charge < -0.3 is 29.7 Å². The van der Waals surface area contributed by atoms with Gasteiger partial charge in [0.2, 0.25) is 5.91 Å². The average Bonchev–Trinajstić information content (AvgIpc) is 3.09. The Morgan fingerprint density at radius 3 is 2.48 bits per heavy atom. The van der Waals surface area contributed by atoms with Gasteiger partial charge in [-0.1, -0.05) is 0 Å². The topological polar surface area (TPSA) is 85.4 Å². The molecule has 0 aromatic heterocycles. The SMILES string of the molecule is CN1C=C2C(=O)N(C3CCN(C(=O)CNC(=O)OC(C)(C)C)CC3)CN2C1. The van der Waals surface area contributed by atoms with Gasteiger partial charge in [0.05, 0.1) is 13.3 Å². The summed E-state index contributed by atoms with van der Waals surface area (Å²) in [5.41, 5.74) is 0.171. The first kappa shape index (κ1) is 19.3. The van der Waals surface area contributed by atoms with E-state index in [1.165, 1.54) is 0 Å². The molecular formula is C18H29N5O4. The Balaban J connectivity index is 1.44. The minimum atomic E-state index is -0.591. The summed E-state index contributed by atoms with van der Waals surface area (Å²) in [5.74, 6) is -0.0484. The highest BCUT2D eigenvalue weighted by Gasteiger charge is 2.41. The first-order chi connectivity index (χ1) is 12.6. The average molecular weight is 379 g/mol. The summed E-state index contributed by atoms with van der Waals surface area (Å²) in [6.07, 6.45) is 2.80. The van der Waals surface area contributed by atoms with Gasteiger partial charge in [-0.15, -0.1) is 0 Å². The van der Waals surface area contributed by atoms with E-state index in [0.717, 1.165) is 25.2 Å². The van der Waals surface area contributed by atoms with Crippen LogP contribution in [0.1, 0.15) is 33.6 Å². The van der Waals surface area contributed by atoms with E-state index < -0.39 is 11.7 Å². The molecular weight excluding hydrogens is 350 g/mol. The fourth-order valence-corrected chi connectivity index (χ4v) is 3.67. The number of nitrogens with one attached hydrogen (secondary N) is 1. The molecule has 3 aliphatic heterocycles. The summed E-state index contributed by atoms with van der Waals surface area (Å²) < 4.78 is 5.14. The summed E-state index contributed by atoms with van der Waals surface area (Å²) in [7, 11) is 1.96. The molecule has 0 unspecified atom stereocenters. The van der Waals surface area contributed by atoms with E-state index in [1.54, 1.807) is 25.7 Å². The summed E-state index contributed by atoms with van der Waals surface area (Å²) >= 11 is 0. The minimum absolute atomic E-state index is 0.0742. The predicted octanol–water partition coefficient (Wildman–Crippen LogP) is 0.348. The highest BCUT2D eigenvalue weighted by atomic mass is 16.6. The zero-order valence-electron chi connectivity index (χ0n) is 16.5. The number of nitrogens with zero attached hydrogens (tertiary/aromatic N) is 4. The first-order valence-electron chi connectivity index (χ1n) is 9.36. The molecule has 27 heavy (non-hydrogen) atoms. The fraction of sp³-hybridized carbons (Fsp3) is 0.722. The number of alkyl carbamates (subject to hydrolysis) is 1. The van der Waals surface area contributed by atoms with Crippen LogP contribution in [0.15, 0.2) is 11.9 Å². The molecule has 2 fully saturated rings. The van der Waals surface area contributed by atoms with Crippen molar-refractivity contribution in [1.82, 2.24) is 24.9 Å². The number of hydrogen-bond donors (Lipinski definition) is 1. The number of rotatable bonds is 3. The van der Waals surface area contributed by atoms with Crippen molar-refractivity contribution < 1.29 is 19.1 Å². The Morgan fingerprint density at radius 2 is 1.89 bits per heavy atom. The Bertz CT molecular complexity index is 649. The van der Waals surface area contributed by atoms with Gasteiger partial charge in [-0.2, -0.15) is 0 Å². The molecule has 0 aromatic rings. The molecule has 0 aromatic carbocycles. The lowest BCUT2D eigenvalue weighted by Gasteiger charge is -2.36. The van der Waals surface area contributed by atoms with Crippen molar-refractivity contribution in [2.24, 2.45) is 0 Å². The second-order valence-corrected chi connectivity index (χ2v) is 8.34. The van der Waals surface area contributed by atoms with Crippen molar-refractivity contribution in [3.8, 4) is 0 Å². The molecule has 3 rings (SSSR count). The van der Waals surface area contributed by atoms with Crippen LogP contribution < -0.4 is 5.32 Å². The van der Waals surface area contributed by atoms with E-state index in [9.17, 15) is 14.4 Å². The van der Waals surface area contributed by atoms with Gasteiger partial charge in [-0.3, -0.25) is 9.59 Å². The third-order valence-electron chi connectivity index (χ3n) is 4.92. The molecule has 2 saturated heterocycles. The Morgan fingerprint density at radius 1 is 1.22 bits per heavy atom. The van der Waals surface area contributed by atoms with Crippen LogP contribution in [0, 0.1) is 0 Å². The first-order valence-corrected chi connectivity index (χ1v) is 9.36. The lowest BCUT2D eigenvalue weighted by molar-refractivity contribution is -0.133. The lowest BCUT2D eigenvalue weighted by Crippen LogP contribution is -2.50. The number of fused-ring (bicyclic) bond motifs is 1. The molecule has 9 nitrogen and oxygen atoms in total. The second kappa shape index (κ2) is 7.28. The molecule has 1 N–H and O–H groups in total. The van der Waals surface area contributed by atoms with Crippen LogP contribution in [-0.2, 0) is 14.3 Å². The molecule has 0 aliphatic carbocycles. The van der Waals surface area contributed by atoms with Crippen molar-refractivity contribution in [2.75, 3.05) is 40.0 Å². The third kappa shape index (κ3) is 4.45. The van der Waals surface area contributed by atoms with E-state index in [1.807, 2.05) is 23.0 Å². The molecule has 9 heteroatoms. The summed E-state index contributed by atoms with van der Waals surface area (Å²) in [4.78, 5) is 44.3. The number of carbonyl (C=O) groups is 3. The minimum Gasteiger partial charge on any atom is -0.444 e. The van der Waals surface area contributed by atoms with Crippen LogP contribution >= 0.6 is 0 Å². The predicted molar refractivity (Wildman–Crippen MR) is 98.1 cm³/mol. The number of ether oxygens (including phenoxy) is 1. The lowest BCUT2D eigenvalue weighted by atomic mass is 10.0. The van der Waals surface area contributed by atoms with E-state index in [2.05, 4.69) is 10.2 Å². The number of piperidine rings is 1. The molecule has 0 atom stereocenters. The monoisotopic (exact) mass is 379 g/mol. The van der Waals surface area contributed by atoms with Crippen molar-refractivity contribution in [3.63, 3.8) is 0 Å². The van der Waals surface area contributed by atoms with Gasteiger partial charge in [0, 0.05) is 32.4 Å². The maximum Gasteiger partial charge on any atom is 0.408 e. The third-order valence-corrected chi connectivity index (χ3v) is 4.92. The van der Waals surface area contributed by atoms with Crippen molar-refractivity contribution in [3.05, 3.63) is 11.9 Å². The van der Waals surface area contributed by atoms with Gasteiger partial charge >= 0.3 is 6.09 Å². The summed E-state index contributed by atoms with van der Waals surface area (Å²) in [5, 5.41) is 2.50. The van der Waals surface area contributed by atoms with Gasteiger partial charge in [0.15, 0.2) is 0 Å². The van der Waals surface area contributed by atoms with Crippen LogP contribution in [0.2, 0.25) is 0 Å². The Hall–Kier alpha value is -2.45. The van der Waals surface area contributed by atoms with E-state index in [-0.39, 0.29) is 24.4 Å². The quantitative estimate of drug-likeness (QED) is 0.762. The fourth-order valence-electron chi connectivity index (χ4n) is 3.67. The summed E-state index contributed by atoms with van der Waals surface area (Å²) in [6, 6.07) is 0.150. The second-order valence-electron chi connectivity index (χ2n) is 8.34. The van der Waals surface area contributed by atoms with Crippen LogP contribution in [-0.4, -0.2) is 89.2 Å². The maximum atomic E-state index is 12.6. The molecule has 0 bridgehead atoms. The number of hydrogen-bond acceptors (Lipinski definition) is 6. The largest absolute Gasteiger partial charge is 0.444 e. The molecule has 150 valence electrons. The van der Waals surface area contributed by atoms with Crippen LogP contribution in [0.25, 0.3) is 0 Å². The smallest absolute Gasteiger partial charge is 0.408 e. The van der Waals surface area contributed by atoms with Gasteiger partial charge in [0.25, 0.3) is 5.91 Å². The van der Waals surface area contributed by atoms with E-state index >= 15 is 0 Å². The van der Waals surface area contributed by atoms with Crippen molar-refractivity contribution in [1.29, 1.82) is 0 Å². The number of carbonyl (C=O) groups excluding carboxylic acids is 3. The van der Waals surface area contributed by atoms with Crippen LogP contribution in [0.5, 0.6) is 0 Å². The van der Waals surface area contributed by atoms with Gasteiger partial charge in [-0.05, 0) is 33.6 Å². The molecule has 0 radical (unpaired) electrons. The van der Waals surface area contributed by atoms with Gasteiger partial charge in [-0.25, -0.2) is 4.79 Å². The molecule has 0 spiro atoms. The normalized spacial score (nSPS) is 20.7.